The molecule has 0 aliphatic carbocycles. The van der Waals surface area contributed by atoms with Gasteiger partial charge in [0.05, 0.1) is 35.4 Å². The van der Waals surface area contributed by atoms with Gasteiger partial charge in [0.25, 0.3) is 0 Å². The summed E-state index contributed by atoms with van der Waals surface area (Å²) in [6.07, 6.45) is 3.67. The van der Waals surface area contributed by atoms with Crippen molar-refractivity contribution >= 4 is 46.1 Å². The van der Waals surface area contributed by atoms with E-state index in [0.29, 0.717) is 53.0 Å². The Balaban J connectivity index is 2.73. The monoisotopic (exact) mass is 476 g/mol. The average molecular weight is 477 g/mol. The minimum absolute atomic E-state index is 0.109. The van der Waals surface area contributed by atoms with Gasteiger partial charge in [-0.05, 0) is 74.6 Å². The molecule has 0 fully saturated rings. The maximum Gasteiger partial charge on any atom is 0.163 e. The highest BCUT2D eigenvalue weighted by atomic mass is 35.5. The molecule has 5 nitrogen and oxygen atoms in total. The lowest BCUT2D eigenvalue weighted by molar-refractivity contribution is -0.117. The Morgan fingerprint density at radius 2 is 1.25 bits per heavy atom. The predicted octanol–water partition coefficient (Wildman–Crippen LogP) is 6.61. The third-order valence-corrected chi connectivity index (χ3v) is 5.52. The van der Waals surface area contributed by atoms with E-state index in [1.54, 1.807) is 31.2 Å². The fourth-order valence-electron chi connectivity index (χ4n) is 3.44. The van der Waals surface area contributed by atoms with E-state index in [1.165, 1.54) is 28.1 Å². The predicted molar refractivity (Wildman–Crippen MR) is 128 cm³/mol. The number of hydrogen-bond acceptors (Lipinski definition) is 5. The van der Waals surface area contributed by atoms with Gasteiger partial charge in [-0.2, -0.15) is 0 Å². The van der Waals surface area contributed by atoms with Crippen LogP contribution in [0.5, 0.6) is 11.5 Å². The Labute approximate surface area is 198 Å². The van der Waals surface area contributed by atoms with Crippen molar-refractivity contribution in [2.24, 2.45) is 0 Å². The summed E-state index contributed by atoms with van der Waals surface area (Å²) in [7, 11) is 2.91. The van der Waals surface area contributed by atoms with Crippen LogP contribution in [0, 0.1) is 0 Å². The molecule has 7 heteroatoms. The molecule has 0 amide bonds. The summed E-state index contributed by atoms with van der Waals surface area (Å²) in [6, 6.07) is 6.81. The number of halogens is 2. The van der Waals surface area contributed by atoms with Crippen LogP contribution >= 0.6 is 23.2 Å². The number of Topliss-reactive ketones (excluding diaryl/α,β-unsaturated/α-hetero) is 3. The van der Waals surface area contributed by atoms with Crippen LogP contribution in [0.2, 0.25) is 10.0 Å². The summed E-state index contributed by atoms with van der Waals surface area (Å²) < 4.78 is 10.6. The van der Waals surface area contributed by atoms with E-state index in [0.717, 1.165) is 5.57 Å². The third kappa shape index (κ3) is 5.99. The first-order valence-electron chi connectivity index (χ1n) is 10.1. The Morgan fingerprint density at radius 1 is 0.812 bits per heavy atom. The van der Waals surface area contributed by atoms with E-state index in [1.807, 2.05) is 6.08 Å². The Morgan fingerprint density at radius 3 is 1.59 bits per heavy atom. The molecule has 0 aliphatic heterocycles. The zero-order valence-corrected chi connectivity index (χ0v) is 20.3. The quantitative estimate of drug-likeness (QED) is 0.285. The molecule has 0 aromatic heterocycles. The SMILES string of the molecule is COc1c(Cl)cc(C(=CCCCC(C)=O)c2cc(Cl)c(OC)c(C(C)=O)c2)cc1C(C)=O. The highest BCUT2D eigenvalue weighted by Gasteiger charge is 2.20. The van der Waals surface area contributed by atoms with Crippen molar-refractivity contribution in [2.45, 2.75) is 40.0 Å². The average Bonchev–Trinajstić information content (AvgIpc) is 2.72. The van der Waals surface area contributed by atoms with Crippen LogP contribution in [-0.4, -0.2) is 31.6 Å². The number of allylic oxidation sites excluding steroid dienone is 1. The number of ether oxygens (including phenoxy) is 2. The molecular weight excluding hydrogens is 451 g/mol. The maximum atomic E-state index is 12.2. The molecular formula is C25H26Cl2O5. The van der Waals surface area contributed by atoms with Gasteiger partial charge in [0.1, 0.15) is 17.3 Å². The number of carbonyl (C=O) groups is 3. The molecule has 0 radical (unpaired) electrons. The second-order valence-corrected chi connectivity index (χ2v) is 8.22. The summed E-state index contributed by atoms with van der Waals surface area (Å²) in [5.74, 6) is 0.321. The summed E-state index contributed by atoms with van der Waals surface area (Å²) in [4.78, 5) is 35.8. The topological polar surface area (TPSA) is 69.7 Å². The number of benzene rings is 2. The highest BCUT2D eigenvalue weighted by Crippen LogP contribution is 2.38. The fraction of sp³-hybridized carbons (Fsp3) is 0.320. The summed E-state index contributed by atoms with van der Waals surface area (Å²) in [6.45, 7) is 4.42. The Kier molecular flexibility index (Phi) is 9.05. The van der Waals surface area contributed by atoms with E-state index in [9.17, 15) is 14.4 Å². The van der Waals surface area contributed by atoms with Crippen LogP contribution in [0.15, 0.2) is 30.3 Å². The summed E-state index contributed by atoms with van der Waals surface area (Å²) >= 11 is 12.8. The zero-order valence-electron chi connectivity index (χ0n) is 18.8. The van der Waals surface area contributed by atoms with E-state index in [-0.39, 0.29) is 27.4 Å². The molecule has 0 N–H and O–H groups in total. The third-order valence-electron chi connectivity index (χ3n) is 4.96. The van der Waals surface area contributed by atoms with Gasteiger partial charge in [0, 0.05) is 6.42 Å². The number of ketones is 3. The normalized spacial score (nSPS) is 10.5. The van der Waals surface area contributed by atoms with Crippen molar-refractivity contribution in [3.8, 4) is 11.5 Å². The number of carbonyl (C=O) groups excluding carboxylic acids is 3. The molecule has 32 heavy (non-hydrogen) atoms. The van der Waals surface area contributed by atoms with Crippen LogP contribution in [0.25, 0.3) is 5.57 Å². The van der Waals surface area contributed by atoms with Gasteiger partial charge in [-0.3, -0.25) is 9.59 Å². The lowest BCUT2D eigenvalue weighted by Gasteiger charge is -2.16. The van der Waals surface area contributed by atoms with Gasteiger partial charge in [-0.15, -0.1) is 0 Å². The minimum Gasteiger partial charge on any atom is -0.494 e. The van der Waals surface area contributed by atoms with Crippen molar-refractivity contribution in [3.05, 3.63) is 62.6 Å². The largest absolute Gasteiger partial charge is 0.494 e. The van der Waals surface area contributed by atoms with Crippen LogP contribution in [0.4, 0.5) is 0 Å². The molecule has 0 spiro atoms. The second-order valence-electron chi connectivity index (χ2n) is 7.40. The van der Waals surface area contributed by atoms with Crippen molar-refractivity contribution in [1.29, 1.82) is 0 Å². The lowest BCUT2D eigenvalue weighted by atomic mass is 9.92. The molecule has 0 bridgehead atoms. The summed E-state index contributed by atoms with van der Waals surface area (Å²) in [5, 5.41) is 0.576. The second kappa shape index (κ2) is 11.3. The standard InChI is InChI=1S/C25H26Cl2O5/c1-14(28)8-6-7-9-19(17-10-20(15(2)29)24(31-4)22(26)12-17)18-11-21(16(3)30)25(32-5)23(27)13-18/h9-13H,6-8H2,1-5H3. The number of rotatable bonds is 10. The molecule has 0 aliphatic rings. The first kappa shape index (κ1) is 25.6. The molecule has 0 atom stereocenters. The Hall–Kier alpha value is -2.63. The smallest absolute Gasteiger partial charge is 0.163 e. The maximum absolute atomic E-state index is 12.2. The fourth-order valence-corrected chi connectivity index (χ4v) is 4.03. The van der Waals surface area contributed by atoms with Crippen molar-refractivity contribution in [1.82, 2.24) is 0 Å². The summed E-state index contributed by atoms with van der Waals surface area (Å²) in [5.41, 5.74) is 2.75. The molecule has 0 saturated heterocycles. The van der Waals surface area contributed by atoms with Gasteiger partial charge < -0.3 is 14.3 Å². The van der Waals surface area contributed by atoms with Gasteiger partial charge in [-0.1, -0.05) is 29.3 Å². The van der Waals surface area contributed by atoms with E-state index >= 15 is 0 Å². The van der Waals surface area contributed by atoms with Crippen LogP contribution in [-0.2, 0) is 4.79 Å². The highest BCUT2D eigenvalue weighted by molar-refractivity contribution is 6.33. The van der Waals surface area contributed by atoms with Crippen LogP contribution in [0.1, 0.15) is 71.9 Å². The molecule has 0 saturated carbocycles. The number of hydrogen-bond donors (Lipinski definition) is 0. The molecule has 170 valence electrons. The number of unbranched alkanes of at least 4 members (excludes halogenated alkanes) is 1. The molecule has 2 aromatic rings. The van der Waals surface area contributed by atoms with Crippen LogP contribution < -0.4 is 9.47 Å². The van der Waals surface area contributed by atoms with Gasteiger partial charge in [0.2, 0.25) is 0 Å². The first-order valence-corrected chi connectivity index (χ1v) is 10.8. The first-order chi connectivity index (χ1) is 15.1. The van der Waals surface area contributed by atoms with Gasteiger partial charge >= 0.3 is 0 Å². The molecule has 2 aromatic carbocycles. The zero-order chi connectivity index (χ0) is 24.0. The van der Waals surface area contributed by atoms with Gasteiger partial charge in [0.15, 0.2) is 11.6 Å². The Bertz CT molecular complexity index is 1010. The molecule has 2 rings (SSSR count). The molecule has 0 heterocycles. The van der Waals surface area contributed by atoms with Gasteiger partial charge in [-0.25, -0.2) is 0 Å². The van der Waals surface area contributed by atoms with E-state index in [4.69, 9.17) is 32.7 Å². The van der Waals surface area contributed by atoms with E-state index < -0.39 is 0 Å². The lowest BCUT2D eigenvalue weighted by Crippen LogP contribution is -2.03. The van der Waals surface area contributed by atoms with Crippen molar-refractivity contribution in [2.75, 3.05) is 14.2 Å². The minimum atomic E-state index is -0.196. The van der Waals surface area contributed by atoms with Crippen LogP contribution in [0.3, 0.4) is 0 Å². The number of methoxy groups -OCH3 is 2. The van der Waals surface area contributed by atoms with Crippen molar-refractivity contribution in [3.63, 3.8) is 0 Å². The van der Waals surface area contributed by atoms with Crippen molar-refractivity contribution < 1.29 is 23.9 Å². The van der Waals surface area contributed by atoms with E-state index in [2.05, 4.69) is 0 Å². The molecule has 0 unspecified atom stereocenters.